The van der Waals surface area contributed by atoms with Crippen LogP contribution in [-0.2, 0) is 6.42 Å². The van der Waals surface area contributed by atoms with Gasteiger partial charge in [-0.3, -0.25) is 4.79 Å². The Balaban J connectivity index is 2.93. The predicted molar refractivity (Wildman–Crippen MR) is 52.0 cm³/mol. The second kappa shape index (κ2) is 4.18. The molecule has 1 rings (SSSR count). The molecule has 13 heavy (non-hydrogen) atoms. The summed E-state index contributed by atoms with van der Waals surface area (Å²) in [6.07, 6.45) is 0.757. The Bertz CT molecular complexity index is 343. The molecule has 4 nitrogen and oxygen atoms in total. The molecule has 1 aromatic heterocycles. The lowest BCUT2D eigenvalue weighted by Crippen LogP contribution is -2.19. The number of likely N-dealkylation sites (N-methyl/N-ethyl adjacent to an activating group) is 1. The van der Waals surface area contributed by atoms with Gasteiger partial charge in [0.1, 0.15) is 5.82 Å². The van der Waals surface area contributed by atoms with Crippen LogP contribution < -0.4 is 10.9 Å². The van der Waals surface area contributed by atoms with E-state index in [1.165, 1.54) is 0 Å². The van der Waals surface area contributed by atoms with E-state index in [2.05, 4.69) is 15.3 Å². The van der Waals surface area contributed by atoms with Crippen LogP contribution in [0.1, 0.15) is 17.1 Å². The molecule has 0 unspecified atom stereocenters. The Morgan fingerprint density at radius 1 is 1.46 bits per heavy atom. The normalized spacial score (nSPS) is 10.4. The number of H-pyrrole nitrogens is 1. The molecule has 0 atom stereocenters. The van der Waals surface area contributed by atoms with Crippen molar-refractivity contribution in [2.45, 2.75) is 20.3 Å². The Hall–Kier alpha value is -1.16. The Morgan fingerprint density at radius 3 is 2.69 bits per heavy atom. The summed E-state index contributed by atoms with van der Waals surface area (Å²) in [6.45, 7) is 4.46. The van der Waals surface area contributed by atoms with Crippen molar-refractivity contribution in [3.05, 3.63) is 27.4 Å². The fourth-order valence-corrected chi connectivity index (χ4v) is 1.07. The van der Waals surface area contributed by atoms with Gasteiger partial charge in [0.25, 0.3) is 5.56 Å². The molecule has 1 heterocycles. The van der Waals surface area contributed by atoms with Crippen molar-refractivity contribution >= 4 is 0 Å². The van der Waals surface area contributed by atoms with Crippen LogP contribution in [0.2, 0.25) is 0 Å². The number of hydrogen-bond acceptors (Lipinski definition) is 3. The van der Waals surface area contributed by atoms with Crippen molar-refractivity contribution in [2.75, 3.05) is 13.6 Å². The number of aromatic nitrogens is 2. The topological polar surface area (TPSA) is 57.8 Å². The minimum absolute atomic E-state index is 0.0291. The SMILES string of the molecule is CNCCc1nc(C)c(C)c(=O)[nH]1. The summed E-state index contributed by atoms with van der Waals surface area (Å²) in [7, 11) is 1.87. The van der Waals surface area contributed by atoms with Crippen LogP contribution in [0.5, 0.6) is 0 Å². The molecule has 0 bridgehead atoms. The van der Waals surface area contributed by atoms with Crippen LogP contribution in [-0.4, -0.2) is 23.6 Å². The van der Waals surface area contributed by atoms with Crippen molar-refractivity contribution in [1.82, 2.24) is 15.3 Å². The van der Waals surface area contributed by atoms with Gasteiger partial charge in [-0.15, -0.1) is 0 Å². The van der Waals surface area contributed by atoms with Gasteiger partial charge in [0.15, 0.2) is 0 Å². The summed E-state index contributed by atoms with van der Waals surface area (Å²) in [4.78, 5) is 18.3. The first-order chi connectivity index (χ1) is 6.15. The molecular formula is C9H15N3O. The largest absolute Gasteiger partial charge is 0.319 e. The second-order valence-electron chi connectivity index (χ2n) is 3.08. The first-order valence-electron chi connectivity index (χ1n) is 4.36. The Labute approximate surface area is 77.4 Å². The lowest BCUT2D eigenvalue weighted by molar-refractivity contribution is 0.744. The molecule has 0 radical (unpaired) electrons. The van der Waals surface area contributed by atoms with Crippen molar-refractivity contribution in [3.8, 4) is 0 Å². The molecule has 0 amide bonds. The Morgan fingerprint density at radius 2 is 2.15 bits per heavy atom. The Kier molecular flexibility index (Phi) is 3.19. The molecule has 0 saturated carbocycles. The number of aromatic amines is 1. The highest BCUT2D eigenvalue weighted by Crippen LogP contribution is 1.96. The maximum Gasteiger partial charge on any atom is 0.254 e. The molecule has 2 N–H and O–H groups in total. The maximum atomic E-state index is 11.3. The van der Waals surface area contributed by atoms with Crippen LogP contribution in [0, 0.1) is 13.8 Å². The molecule has 0 aliphatic carbocycles. The fourth-order valence-electron chi connectivity index (χ4n) is 1.07. The number of rotatable bonds is 3. The molecule has 0 spiro atoms. The number of nitrogens with one attached hydrogen (secondary N) is 2. The molecule has 0 aromatic carbocycles. The summed E-state index contributed by atoms with van der Waals surface area (Å²) < 4.78 is 0. The lowest BCUT2D eigenvalue weighted by atomic mass is 10.2. The monoisotopic (exact) mass is 181 g/mol. The van der Waals surface area contributed by atoms with Crippen LogP contribution in [0.25, 0.3) is 0 Å². The van der Waals surface area contributed by atoms with E-state index < -0.39 is 0 Å². The number of nitrogens with zero attached hydrogens (tertiary/aromatic N) is 1. The third-order valence-electron chi connectivity index (χ3n) is 2.06. The predicted octanol–water partition coefficient (Wildman–Crippen LogP) is 0.149. The molecule has 0 saturated heterocycles. The summed E-state index contributed by atoms with van der Waals surface area (Å²) in [6, 6.07) is 0. The van der Waals surface area contributed by atoms with Crippen LogP contribution in [0.3, 0.4) is 0 Å². The highest BCUT2D eigenvalue weighted by atomic mass is 16.1. The van der Waals surface area contributed by atoms with Gasteiger partial charge in [0.2, 0.25) is 0 Å². The summed E-state index contributed by atoms with van der Waals surface area (Å²) in [5.74, 6) is 0.752. The third kappa shape index (κ3) is 2.39. The molecule has 0 aliphatic rings. The molecule has 1 aromatic rings. The van der Waals surface area contributed by atoms with Gasteiger partial charge in [-0.25, -0.2) is 4.98 Å². The summed E-state index contributed by atoms with van der Waals surface area (Å²) in [5, 5.41) is 3.01. The smallest absolute Gasteiger partial charge is 0.254 e. The average molecular weight is 181 g/mol. The van der Waals surface area contributed by atoms with Crippen molar-refractivity contribution in [1.29, 1.82) is 0 Å². The molecule has 0 aliphatic heterocycles. The second-order valence-corrected chi connectivity index (χ2v) is 3.08. The molecule has 72 valence electrons. The van der Waals surface area contributed by atoms with Gasteiger partial charge < -0.3 is 10.3 Å². The molecular weight excluding hydrogens is 166 g/mol. The lowest BCUT2D eigenvalue weighted by Gasteiger charge is -2.03. The van der Waals surface area contributed by atoms with Gasteiger partial charge >= 0.3 is 0 Å². The van der Waals surface area contributed by atoms with Gasteiger partial charge in [-0.05, 0) is 20.9 Å². The van der Waals surface area contributed by atoms with Crippen LogP contribution >= 0.6 is 0 Å². The van der Waals surface area contributed by atoms with Crippen LogP contribution in [0.15, 0.2) is 4.79 Å². The zero-order valence-electron chi connectivity index (χ0n) is 8.27. The highest BCUT2D eigenvalue weighted by Gasteiger charge is 2.02. The number of hydrogen-bond donors (Lipinski definition) is 2. The van der Waals surface area contributed by atoms with Crippen LogP contribution in [0.4, 0.5) is 0 Å². The quantitative estimate of drug-likeness (QED) is 0.697. The minimum atomic E-state index is -0.0291. The van der Waals surface area contributed by atoms with E-state index in [1.807, 2.05) is 14.0 Å². The highest BCUT2D eigenvalue weighted by molar-refractivity contribution is 5.14. The third-order valence-corrected chi connectivity index (χ3v) is 2.06. The van der Waals surface area contributed by atoms with E-state index in [0.29, 0.717) is 5.56 Å². The van der Waals surface area contributed by atoms with Gasteiger partial charge in [0.05, 0.1) is 0 Å². The average Bonchev–Trinajstić information content (AvgIpc) is 2.10. The van der Waals surface area contributed by atoms with Gasteiger partial charge in [-0.1, -0.05) is 0 Å². The number of aryl methyl sites for hydroxylation is 1. The van der Waals surface area contributed by atoms with Gasteiger partial charge in [-0.2, -0.15) is 0 Å². The first-order valence-corrected chi connectivity index (χ1v) is 4.36. The zero-order valence-corrected chi connectivity index (χ0v) is 8.27. The standard InChI is InChI=1S/C9H15N3O/c1-6-7(2)11-8(4-5-10-3)12-9(6)13/h10H,4-5H2,1-3H3,(H,11,12,13). The fraction of sp³-hybridized carbons (Fsp3) is 0.556. The maximum absolute atomic E-state index is 11.3. The summed E-state index contributed by atoms with van der Waals surface area (Å²) in [5.41, 5.74) is 1.49. The van der Waals surface area contributed by atoms with E-state index in [-0.39, 0.29) is 5.56 Å². The first kappa shape index (κ1) is 9.92. The van der Waals surface area contributed by atoms with E-state index in [4.69, 9.17) is 0 Å². The van der Waals surface area contributed by atoms with Gasteiger partial charge in [0, 0.05) is 24.2 Å². The summed E-state index contributed by atoms with van der Waals surface area (Å²) >= 11 is 0. The van der Waals surface area contributed by atoms with E-state index in [1.54, 1.807) is 6.92 Å². The minimum Gasteiger partial charge on any atom is -0.319 e. The zero-order chi connectivity index (χ0) is 9.84. The van der Waals surface area contributed by atoms with E-state index in [0.717, 1.165) is 24.5 Å². The molecule has 0 fully saturated rings. The van der Waals surface area contributed by atoms with Crippen molar-refractivity contribution < 1.29 is 0 Å². The van der Waals surface area contributed by atoms with Crippen molar-refractivity contribution in [3.63, 3.8) is 0 Å². The molecule has 4 heteroatoms. The van der Waals surface area contributed by atoms with Crippen molar-refractivity contribution in [2.24, 2.45) is 0 Å². The van der Waals surface area contributed by atoms with E-state index in [9.17, 15) is 4.79 Å². The van der Waals surface area contributed by atoms with E-state index >= 15 is 0 Å².